The van der Waals surface area contributed by atoms with Gasteiger partial charge in [-0.05, 0) is 23.6 Å². The van der Waals surface area contributed by atoms with E-state index in [1.54, 1.807) is 13.3 Å². The van der Waals surface area contributed by atoms with Gasteiger partial charge in [-0.15, -0.1) is 0 Å². The number of ether oxygens (including phenoxy) is 1. The van der Waals surface area contributed by atoms with Crippen LogP contribution in [0.15, 0.2) is 42.7 Å². The Morgan fingerprint density at radius 1 is 1.21 bits per heavy atom. The summed E-state index contributed by atoms with van der Waals surface area (Å²) < 4.78 is 5.39. The number of hydrogen-bond acceptors (Lipinski definition) is 3. The van der Waals surface area contributed by atoms with E-state index in [9.17, 15) is 0 Å². The Bertz CT molecular complexity index is 568. The number of benzene rings is 1. The van der Waals surface area contributed by atoms with Crippen molar-refractivity contribution in [3.8, 4) is 5.75 Å². The van der Waals surface area contributed by atoms with E-state index < -0.39 is 0 Å². The van der Waals surface area contributed by atoms with Gasteiger partial charge in [-0.3, -0.25) is 9.88 Å². The van der Waals surface area contributed by atoms with Crippen molar-refractivity contribution in [2.45, 2.75) is 19.5 Å². The lowest BCUT2D eigenvalue weighted by molar-refractivity contribution is 0.241. The van der Waals surface area contributed by atoms with Crippen molar-refractivity contribution < 1.29 is 4.74 Å². The lowest BCUT2D eigenvalue weighted by Crippen LogP contribution is -2.30. The van der Waals surface area contributed by atoms with Crippen LogP contribution >= 0.6 is 0 Å². The van der Waals surface area contributed by atoms with Crippen LogP contribution in [0, 0.1) is 0 Å². The molecule has 0 saturated carbocycles. The first kappa shape index (κ1) is 12.2. The third-order valence-electron chi connectivity index (χ3n) is 3.68. The fourth-order valence-corrected chi connectivity index (χ4v) is 2.66. The van der Waals surface area contributed by atoms with Crippen LogP contribution in [0.25, 0.3) is 0 Å². The Hall–Kier alpha value is -1.87. The van der Waals surface area contributed by atoms with Crippen molar-refractivity contribution in [3.05, 3.63) is 59.4 Å². The van der Waals surface area contributed by atoms with E-state index in [1.807, 2.05) is 12.3 Å². The molecular weight excluding hydrogens is 236 g/mol. The van der Waals surface area contributed by atoms with Gasteiger partial charge in [0.1, 0.15) is 5.75 Å². The summed E-state index contributed by atoms with van der Waals surface area (Å²) in [5.41, 5.74) is 4.08. The Kier molecular flexibility index (Phi) is 3.47. The number of fused-ring (bicyclic) bond motifs is 1. The Morgan fingerprint density at radius 3 is 2.89 bits per heavy atom. The molecule has 1 aliphatic rings. The normalized spacial score (nSPS) is 15.0. The van der Waals surface area contributed by atoms with Crippen molar-refractivity contribution in [2.24, 2.45) is 0 Å². The van der Waals surface area contributed by atoms with Crippen LogP contribution < -0.4 is 4.74 Å². The van der Waals surface area contributed by atoms with Crippen LogP contribution in [0.2, 0.25) is 0 Å². The van der Waals surface area contributed by atoms with Crippen LogP contribution in [-0.4, -0.2) is 23.5 Å². The number of nitrogens with zero attached hydrogens (tertiary/aromatic N) is 2. The highest BCUT2D eigenvalue weighted by atomic mass is 16.5. The predicted octanol–water partition coefficient (Wildman–Crippen LogP) is 2.65. The van der Waals surface area contributed by atoms with Crippen molar-refractivity contribution in [2.75, 3.05) is 13.7 Å². The molecule has 0 amide bonds. The fraction of sp³-hybridized carbons (Fsp3) is 0.312. The number of pyridine rings is 1. The second-order valence-corrected chi connectivity index (χ2v) is 4.92. The van der Waals surface area contributed by atoms with Crippen LogP contribution in [0.4, 0.5) is 0 Å². The largest absolute Gasteiger partial charge is 0.496 e. The molecule has 19 heavy (non-hydrogen) atoms. The third kappa shape index (κ3) is 2.61. The number of rotatable bonds is 3. The topological polar surface area (TPSA) is 25.4 Å². The third-order valence-corrected chi connectivity index (χ3v) is 3.68. The summed E-state index contributed by atoms with van der Waals surface area (Å²) in [4.78, 5) is 6.64. The van der Waals surface area contributed by atoms with Gasteiger partial charge < -0.3 is 4.74 Å². The first-order chi connectivity index (χ1) is 9.36. The van der Waals surface area contributed by atoms with Gasteiger partial charge in [0.2, 0.25) is 0 Å². The molecule has 0 bridgehead atoms. The molecule has 0 saturated heterocycles. The first-order valence-corrected chi connectivity index (χ1v) is 6.63. The van der Waals surface area contributed by atoms with E-state index in [4.69, 9.17) is 4.74 Å². The van der Waals surface area contributed by atoms with Gasteiger partial charge in [-0.25, -0.2) is 0 Å². The fourth-order valence-electron chi connectivity index (χ4n) is 2.66. The van der Waals surface area contributed by atoms with E-state index in [-0.39, 0.29) is 0 Å². The van der Waals surface area contributed by atoms with Gasteiger partial charge in [0, 0.05) is 37.6 Å². The van der Waals surface area contributed by atoms with E-state index in [0.29, 0.717) is 0 Å². The second-order valence-electron chi connectivity index (χ2n) is 4.92. The van der Waals surface area contributed by atoms with Crippen LogP contribution in [0.1, 0.15) is 16.7 Å². The highest BCUT2D eigenvalue weighted by molar-refractivity contribution is 5.32. The van der Waals surface area contributed by atoms with Crippen molar-refractivity contribution in [1.82, 2.24) is 9.88 Å². The quantitative estimate of drug-likeness (QED) is 0.842. The summed E-state index contributed by atoms with van der Waals surface area (Å²) in [6.45, 7) is 2.99. The molecule has 3 heteroatoms. The minimum atomic E-state index is 0.894. The number of aromatic nitrogens is 1. The summed E-state index contributed by atoms with van der Waals surface area (Å²) in [6.07, 6.45) is 4.80. The molecule has 0 atom stereocenters. The molecule has 0 unspecified atom stereocenters. The Labute approximate surface area is 113 Å². The Balaban J connectivity index is 1.75. The van der Waals surface area contributed by atoms with Gasteiger partial charge in [0.15, 0.2) is 0 Å². The summed E-state index contributed by atoms with van der Waals surface area (Å²) in [5, 5.41) is 0. The zero-order chi connectivity index (χ0) is 13.1. The molecule has 1 aromatic heterocycles. The molecule has 1 aliphatic heterocycles. The number of methoxy groups -OCH3 is 1. The van der Waals surface area contributed by atoms with Crippen molar-refractivity contribution in [3.63, 3.8) is 0 Å². The molecule has 0 fully saturated rings. The zero-order valence-corrected chi connectivity index (χ0v) is 11.2. The molecule has 3 rings (SSSR count). The highest BCUT2D eigenvalue weighted by Crippen LogP contribution is 2.23. The predicted molar refractivity (Wildman–Crippen MR) is 75.0 cm³/mol. The monoisotopic (exact) mass is 254 g/mol. The lowest BCUT2D eigenvalue weighted by Gasteiger charge is -2.29. The first-order valence-electron chi connectivity index (χ1n) is 6.63. The van der Waals surface area contributed by atoms with Crippen LogP contribution in [0.5, 0.6) is 5.75 Å². The van der Waals surface area contributed by atoms with Gasteiger partial charge >= 0.3 is 0 Å². The van der Waals surface area contributed by atoms with Gasteiger partial charge in [-0.1, -0.05) is 24.3 Å². The smallest absolute Gasteiger partial charge is 0.126 e. The molecule has 98 valence electrons. The highest BCUT2D eigenvalue weighted by Gasteiger charge is 2.17. The summed E-state index contributed by atoms with van der Waals surface area (Å²) in [5.74, 6) is 0.925. The van der Waals surface area contributed by atoms with Crippen molar-refractivity contribution in [1.29, 1.82) is 0 Å². The molecule has 1 aromatic carbocycles. The summed E-state index contributed by atoms with van der Waals surface area (Å²) >= 11 is 0. The summed E-state index contributed by atoms with van der Waals surface area (Å²) in [7, 11) is 1.71. The molecule has 2 heterocycles. The Morgan fingerprint density at radius 2 is 2.05 bits per heavy atom. The van der Waals surface area contributed by atoms with E-state index >= 15 is 0 Å². The van der Waals surface area contributed by atoms with Gasteiger partial charge in [0.25, 0.3) is 0 Å². The number of hydrogen-bond donors (Lipinski definition) is 0. The maximum Gasteiger partial charge on any atom is 0.126 e. The molecule has 0 spiro atoms. The van der Waals surface area contributed by atoms with E-state index in [2.05, 4.69) is 34.1 Å². The van der Waals surface area contributed by atoms with Gasteiger partial charge in [-0.2, -0.15) is 0 Å². The average Bonchev–Trinajstić information content (AvgIpc) is 2.48. The molecule has 0 aliphatic carbocycles. The molecule has 0 radical (unpaired) electrons. The van der Waals surface area contributed by atoms with Crippen molar-refractivity contribution >= 4 is 0 Å². The molecule has 0 N–H and O–H groups in total. The van der Waals surface area contributed by atoms with Gasteiger partial charge in [0.05, 0.1) is 7.11 Å². The lowest BCUT2D eigenvalue weighted by atomic mass is 9.99. The average molecular weight is 254 g/mol. The SMILES string of the molecule is COc1ccncc1CN1CCc2ccccc2C1. The maximum absolute atomic E-state index is 5.39. The molecule has 2 aromatic rings. The van der Waals surface area contributed by atoms with Crippen LogP contribution in [-0.2, 0) is 19.5 Å². The zero-order valence-electron chi connectivity index (χ0n) is 11.2. The minimum absolute atomic E-state index is 0.894. The van der Waals surface area contributed by atoms with E-state index in [0.717, 1.165) is 37.4 Å². The van der Waals surface area contributed by atoms with Crippen LogP contribution in [0.3, 0.4) is 0 Å². The summed E-state index contributed by atoms with van der Waals surface area (Å²) in [6, 6.07) is 10.6. The molecular formula is C16H18N2O. The minimum Gasteiger partial charge on any atom is -0.496 e. The standard InChI is InChI=1S/C16H18N2O/c1-19-16-6-8-17-10-15(16)12-18-9-7-13-4-2-3-5-14(13)11-18/h2-6,8,10H,7,9,11-12H2,1H3. The second kappa shape index (κ2) is 5.41. The van der Waals surface area contributed by atoms with E-state index in [1.165, 1.54) is 11.1 Å². The molecule has 3 nitrogen and oxygen atoms in total. The maximum atomic E-state index is 5.39.